The first-order chi connectivity index (χ1) is 13.1. The number of aromatic nitrogens is 2. The molecule has 6 heteroatoms. The molecule has 2 aliphatic rings. The minimum atomic E-state index is 0.137. The molecule has 0 radical (unpaired) electrons. The molecule has 2 aromatic carbocycles. The molecular formula is C21H22ClN5. The molecule has 3 heterocycles. The molecule has 4 N–H and O–H groups in total. The highest BCUT2D eigenvalue weighted by atomic mass is 35.5. The van der Waals surface area contributed by atoms with E-state index in [1.165, 1.54) is 29.3 Å². The Balaban J connectivity index is 1.46. The number of piperidine rings is 1. The van der Waals surface area contributed by atoms with Gasteiger partial charge in [0.15, 0.2) is 0 Å². The molecule has 1 aromatic heterocycles. The van der Waals surface area contributed by atoms with Crippen molar-refractivity contribution < 1.29 is 0 Å². The van der Waals surface area contributed by atoms with Crippen molar-refractivity contribution in [2.45, 2.75) is 43.7 Å². The topological polar surface area (TPSA) is 81.1 Å². The Morgan fingerprint density at radius 3 is 2.33 bits per heavy atom. The fourth-order valence-corrected chi connectivity index (χ4v) is 5.36. The number of rotatable bonds is 2. The number of anilines is 3. The quantitative estimate of drug-likeness (QED) is 0.646. The fraction of sp³-hybridized carbons (Fsp3) is 0.333. The van der Waals surface area contributed by atoms with Gasteiger partial charge in [-0.05, 0) is 54.5 Å². The number of nitrogens with zero attached hydrogens (tertiary/aromatic N) is 3. The number of nitrogen functional groups attached to an aromatic ring is 2. The molecule has 0 saturated carbocycles. The Hall–Kier alpha value is -2.53. The van der Waals surface area contributed by atoms with Gasteiger partial charge < -0.3 is 16.4 Å². The van der Waals surface area contributed by atoms with Crippen LogP contribution in [-0.2, 0) is 0 Å². The molecule has 0 aliphatic carbocycles. The molecule has 2 fully saturated rings. The van der Waals surface area contributed by atoms with E-state index in [1.54, 1.807) is 0 Å². The van der Waals surface area contributed by atoms with Crippen LogP contribution in [0.25, 0.3) is 10.8 Å². The Labute approximate surface area is 163 Å². The average molecular weight is 380 g/mol. The van der Waals surface area contributed by atoms with Gasteiger partial charge in [0.2, 0.25) is 5.95 Å². The smallest absolute Gasteiger partial charge is 0.223 e. The zero-order chi connectivity index (χ0) is 18.5. The average Bonchev–Trinajstić information content (AvgIpc) is 2.91. The second kappa shape index (κ2) is 6.27. The van der Waals surface area contributed by atoms with Crippen LogP contribution in [0.3, 0.4) is 0 Å². The van der Waals surface area contributed by atoms with Crippen LogP contribution in [0.5, 0.6) is 0 Å². The van der Waals surface area contributed by atoms with Gasteiger partial charge in [0.25, 0.3) is 0 Å². The third-order valence-corrected chi connectivity index (χ3v) is 6.41. The number of hydrogen-bond acceptors (Lipinski definition) is 5. The number of hydrogen-bond donors (Lipinski definition) is 2. The van der Waals surface area contributed by atoms with E-state index in [-0.39, 0.29) is 11.9 Å². The van der Waals surface area contributed by atoms with Crippen LogP contribution < -0.4 is 16.4 Å². The highest BCUT2D eigenvalue weighted by Crippen LogP contribution is 2.47. The van der Waals surface area contributed by atoms with Crippen LogP contribution in [0.2, 0.25) is 5.15 Å². The lowest BCUT2D eigenvalue weighted by atomic mass is 9.85. The Morgan fingerprint density at radius 2 is 1.63 bits per heavy atom. The van der Waals surface area contributed by atoms with Gasteiger partial charge >= 0.3 is 0 Å². The van der Waals surface area contributed by atoms with E-state index in [9.17, 15) is 0 Å². The van der Waals surface area contributed by atoms with E-state index in [2.05, 4.69) is 57.3 Å². The molecule has 0 spiro atoms. The van der Waals surface area contributed by atoms with Crippen LogP contribution in [0.1, 0.15) is 37.2 Å². The van der Waals surface area contributed by atoms with Crippen LogP contribution in [-0.4, -0.2) is 22.1 Å². The maximum absolute atomic E-state index is 6.38. The Kier molecular flexibility index (Phi) is 3.86. The lowest BCUT2D eigenvalue weighted by Crippen LogP contribution is -2.42. The zero-order valence-electron chi connectivity index (χ0n) is 15.0. The van der Waals surface area contributed by atoms with Crippen molar-refractivity contribution >= 4 is 39.8 Å². The van der Waals surface area contributed by atoms with Gasteiger partial charge in [-0.1, -0.05) is 41.9 Å². The van der Waals surface area contributed by atoms with Crippen molar-refractivity contribution in [3.05, 3.63) is 53.2 Å². The molecule has 0 amide bonds. The third kappa shape index (κ3) is 2.77. The summed E-state index contributed by atoms with van der Waals surface area (Å²) in [6, 6.07) is 16.3. The van der Waals surface area contributed by atoms with Crippen molar-refractivity contribution in [3.63, 3.8) is 0 Å². The van der Waals surface area contributed by atoms with Gasteiger partial charge in [-0.25, -0.2) is 4.98 Å². The summed E-state index contributed by atoms with van der Waals surface area (Å²) in [7, 11) is 0. The largest absolute Gasteiger partial charge is 0.383 e. The lowest BCUT2D eigenvalue weighted by molar-refractivity contribution is 0.416. The molecule has 138 valence electrons. The molecule has 5 nitrogen and oxygen atoms in total. The van der Waals surface area contributed by atoms with E-state index >= 15 is 0 Å². The Morgan fingerprint density at radius 1 is 0.926 bits per heavy atom. The molecule has 2 unspecified atom stereocenters. The van der Waals surface area contributed by atoms with Gasteiger partial charge in [-0.2, -0.15) is 4.98 Å². The van der Waals surface area contributed by atoms with Crippen molar-refractivity contribution in [1.29, 1.82) is 0 Å². The van der Waals surface area contributed by atoms with Crippen molar-refractivity contribution in [1.82, 2.24) is 9.97 Å². The number of nitrogens with two attached hydrogens (primary N) is 2. The summed E-state index contributed by atoms with van der Waals surface area (Å²) in [6.07, 6.45) is 4.42. The van der Waals surface area contributed by atoms with Crippen LogP contribution in [0.4, 0.5) is 17.5 Å². The normalized spacial score (nSPS) is 24.5. The minimum Gasteiger partial charge on any atom is -0.383 e. The fourth-order valence-electron chi connectivity index (χ4n) is 5.02. The van der Waals surface area contributed by atoms with E-state index in [0.717, 1.165) is 18.4 Å². The summed E-state index contributed by atoms with van der Waals surface area (Å²) in [5, 5.41) is 2.97. The first-order valence-electron chi connectivity index (χ1n) is 9.45. The number of benzene rings is 2. The highest BCUT2D eigenvalue weighted by molar-refractivity contribution is 6.30. The first kappa shape index (κ1) is 16.6. The second-order valence-corrected chi connectivity index (χ2v) is 8.02. The predicted molar refractivity (Wildman–Crippen MR) is 111 cm³/mol. The highest BCUT2D eigenvalue weighted by Gasteiger charge is 2.42. The molecule has 2 bridgehead atoms. The van der Waals surface area contributed by atoms with Gasteiger partial charge in [0, 0.05) is 23.3 Å². The SMILES string of the molecule is Nc1nc(N)c(C2CC3CCC(C2)N3c2ccc3ccccc3c2)c(Cl)n1. The summed E-state index contributed by atoms with van der Waals surface area (Å²) in [5.74, 6) is 0.848. The summed E-state index contributed by atoms with van der Waals surface area (Å²) in [4.78, 5) is 10.9. The maximum atomic E-state index is 6.38. The molecule has 2 atom stereocenters. The second-order valence-electron chi connectivity index (χ2n) is 7.66. The molecule has 27 heavy (non-hydrogen) atoms. The molecule has 3 aromatic rings. The summed E-state index contributed by atoms with van der Waals surface area (Å²) >= 11 is 6.38. The zero-order valence-corrected chi connectivity index (χ0v) is 15.7. The predicted octanol–water partition coefficient (Wildman–Crippen LogP) is 4.36. The van der Waals surface area contributed by atoms with Gasteiger partial charge in [-0.3, -0.25) is 0 Å². The van der Waals surface area contributed by atoms with Crippen LogP contribution >= 0.6 is 11.6 Å². The van der Waals surface area contributed by atoms with Crippen molar-refractivity contribution in [2.75, 3.05) is 16.4 Å². The number of fused-ring (bicyclic) bond motifs is 3. The van der Waals surface area contributed by atoms with E-state index in [4.69, 9.17) is 23.1 Å². The number of halogens is 1. The van der Waals surface area contributed by atoms with Gasteiger partial charge in [0.1, 0.15) is 11.0 Å². The van der Waals surface area contributed by atoms with E-state index < -0.39 is 0 Å². The first-order valence-corrected chi connectivity index (χ1v) is 9.83. The third-order valence-electron chi connectivity index (χ3n) is 6.12. The summed E-state index contributed by atoms with van der Waals surface area (Å²) in [5.41, 5.74) is 14.0. The maximum Gasteiger partial charge on any atom is 0.223 e. The van der Waals surface area contributed by atoms with E-state index in [0.29, 0.717) is 23.1 Å². The van der Waals surface area contributed by atoms with Gasteiger partial charge in [-0.15, -0.1) is 0 Å². The Bertz CT molecular complexity index is 983. The standard InChI is InChI=1S/C21H22ClN5/c22-19-18(20(23)26-21(24)25-19)14-10-16-7-8-17(11-14)27(16)15-6-5-12-3-1-2-4-13(12)9-15/h1-6,9,14,16-17H,7-8,10-11H2,(H4,23,24,25,26). The van der Waals surface area contributed by atoms with Gasteiger partial charge in [0.05, 0.1) is 0 Å². The molecule has 2 saturated heterocycles. The summed E-state index contributed by atoms with van der Waals surface area (Å²) < 4.78 is 0. The van der Waals surface area contributed by atoms with Crippen LogP contribution in [0, 0.1) is 0 Å². The lowest BCUT2D eigenvalue weighted by Gasteiger charge is -2.41. The van der Waals surface area contributed by atoms with E-state index in [1.807, 2.05) is 0 Å². The van der Waals surface area contributed by atoms with Crippen LogP contribution in [0.15, 0.2) is 42.5 Å². The van der Waals surface area contributed by atoms with Crippen molar-refractivity contribution in [3.8, 4) is 0 Å². The molecule has 2 aliphatic heterocycles. The summed E-state index contributed by atoms with van der Waals surface area (Å²) in [6.45, 7) is 0. The minimum absolute atomic E-state index is 0.137. The monoisotopic (exact) mass is 379 g/mol. The molecule has 5 rings (SSSR count). The molecular weight excluding hydrogens is 358 g/mol. The van der Waals surface area contributed by atoms with Crippen molar-refractivity contribution in [2.24, 2.45) is 0 Å².